The minimum Gasteiger partial charge on any atom is -0.339 e. The summed E-state index contributed by atoms with van der Waals surface area (Å²) in [5.41, 5.74) is 2.32. The molecule has 0 bridgehead atoms. The zero-order chi connectivity index (χ0) is 22.8. The molecule has 32 heavy (non-hydrogen) atoms. The molecule has 168 valence electrons. The molecule has 3 heterocycles. The van der Waals surface area contributed by atoms with Gasteiger partial charge < -0.3 is 9.84 Å². The van der Waals surface area contributed by atoms with Crippen LogP contribution in [0, 0.1) is 13.8 Å². The molecule has 2 aromatic heterocycles. The molecule has 1 N–H and O–H groups in total. The molecule has 1 amide bonds. The fourth-order valence-corrected chi connectivity index (χ4v) is 4.17. The third kappa shape index (κ3) is 4.02. The van der Waals surface area contributed by atoms with E-state index in [-0.39, 0.29) is 11.4 Å². The Labute approximate surface area is 185 Å². The number of amides is 1. The van der Waals surface area contributed by atoms with Crippen LogP contribution in [0.25, 0.3) is 11.4 Å². The predicted molar refractivity (Wildman–Crippen MR) is 120 cm³/mol. The van der Waals surface area contributed by atoms with Crippen LogP contribution in [0.4, 0.5) is 5.69 Å². The van der Waals surface area contributed by atoms with Gasteiger partial charge in [-0.15, -0.1) is 0 Å². The number of para-hydroxylation sites is 1. The fourth-order valence-electron chi connectivity index (χ4n) is 4.17. The zero-order valence-electron chi connectivity index (χ0n) is 18.6. The van der Waals surface area contributed by atoms with Crippen molar-refractivity contribution in [3.8, 4) is 11.4 Å². The van der Waals surface area contributed by atoms with Crippen LogP contribution in [-0.2, 0) is 30.7 Å². The number of nitrogens with one attached hydrogen (secondary N) is 1. The number of fused-ring (bicyclic) bond motifs is 1. The minimum atomic E-state index is -0.566. The summed E-state index contributed by atoms with van der Waals surface area (Å²) in [4.78, 5) is 43.9. The number of hydrogen-bond acceptors (Lipinski definition) is 6. The van der Waals surface area contributed by atoms with Crippen molar-refractivity contribution in [3.05, 3.63) is 61.7 Å². The molecule has 0 aliphatic carbocycles. The van der Waals surface area contributed by atoms with Gasteiger partial charge in [-0.1, -0.05) is 36.7 Å². The topological polar surface area (TPSA) is 112 Å². The molecule has 9 heteroatoms. The first-order valence-corrected chi connectivity index (χ1v) is 11.0. The maximum absolute atomic E-state index is 13.4. The number of aromatic nitrogens is 4. The Morgan fingerprint density at radius 2 is 1.91 bits per heavy atom. The summed E-state index contributed by atoms with van der Waals surface area (Å²) in [5.74, 6) is 0.141. The Kier molecular flexibility index (Phi) is 6.07. The molecule has 0 atom stereocenters. The molecule has 1 aromatic carbocycles. The molecule has 0 fully saturated rings. The smallest absolute Gasteiger partial charge is 0.331 e. The standard InChI is InChI=1S/C23H27N5O4/c1-4-18-25-21(26-32-18)19-16-11-6-5-7-12-27(16)23(31)28(22(19)30)13-17(29)24-20-14(2)9-8-10-15(20)3/h8-10H,4-7,11-13H2,1-3H3,(H,24,29). The van der Waals surface area contributed by atoms with Gasteiger partial charge in [-0.2, -0.15) is 4.98 Å². The van der Waals surface area contributed by atoms with Crippen LogP contribution in [0.15, 0.2) is 32.3 Å². The first kappa shape index (κ1) is 21.7. The monoisotopic (exact) mass is 437 g/mol. The van der Waals surface area contributed by atoms with Gasteiger partial charge in [0.05, 0.1) is 0 Å². The van der Waals surface area contributed by atoms with E-state index in [1.54, 1.807) is 4.57 Å². The highest BCUT2D eigenvalue weighted by Gasteiger charge is 2.26. The molecule has 0 saturated heterocycles. The van der Waals surface area contributed by atoms with Gasteiger partial charge in [0.15, 0.2) is 0 Å². The lowest BCUT2D eigenvalue weighted by Crippen LogP contribution is -2.44. The van der Waals surface area contributed by atoms with Gasteiger partial charge in [0.1, 0.15) is 12.1 Å². The third-order valence-corrected chi connectivity index (χ3v) is 5.87. The summed E-state index contributed by atoms with van der Waals surface area (Å²) >= 11 is 0. The van der Waals surface area contributed by atoms with Crippen LogP contribution >= 0.6 is 0 Å². The second kappa shape index (κ2) is 8.94. The predicted octanol–water partition coefficient (Wildman–Crippen LogP) is 2.60. The molecule has 4 rings (SSSR count). The Morgan fingerprint density at radius 3 is 2.59 bits per heavy atom. The maximum atomic E-state index is 13.4. The number of anilines is 1. The van der Waals surface area contributed by atoms with Crippen molar-refractivity contribution in [1.82, 2.24) is 19.3 Å². The Hall–Kier alpha value is -3.49. The van der Waals surface area contributed by atoms with Gasteiger partial charge in [-0.25, -0.2) is 4.79 Å². The molecule has 9 nitrogen and oxygen atoms in total. The second-order valence-corrected chi connectivity index (χ2v) is 8.14. The summed E-state index contributed by atoms with van der Waals surface area (Å²) < 4.78 is 7.80. The van der Waals surface area contributed by atoms with Crippen molar-refractivity contribution in [3.63, 3.8) is 0 Å². The molecule has 0 spiro atoms. The lowest BCUT2D eigenvalue weighted by molar-refractivity contribution is -0.116. The van der Waals surface area contributed by atoms with Crippen LogP contribution in [0.2, 0.25) is 0 Å². The van der Waals surface area contributed by atoms with Crippen molar-refractivity contribution in [1.29, 1.82) is 0 Å². The van der Waals surface area contributed by atoms with Crippen LogP contribution in [0.1, 0.15) is 48.9 Å². The van der Waals surface area contributed by atoms with E-state index in [0.717, 1.165) is 35.0 Å². The van der Waals surface area contributed by atoms with E-state index >= 15 is 0 Å². The van der Waals surface area contributed by atoms with E-state index in [9.17, 15) is 14.4 Å². The molecular formula is C23H27N5O4. The van der Waals surface area contributed by atoms with Crippen LogP contribution < -0.4 is 16.6 Å². The molecule has 0 radical (unpaired) electrons. The van der Waals surface area contributed by atoms with Crippen LogP contribution in [0.5, 0.6) is 0 Å². The zero-order valence-corrected chi connectivity index (χ0v) is 18.6. The van der Waals surface area contributed by atoms with E-state index in [1.165, 1.54) is 0 Å². The van der Waals surface area contributed by atoms with Gasteiger partial charge in [0.2, 0.25) is 17.6 Å². The van der Waals surface area contributed by atoms with Crippen LogP contribution in [-0.4, -0.2) is 25.2 Å². The number of aryl methyl sites for hydroxylation is 3. The molecule has 1 aliphatic rings. The van der Waals surface area contributed by atoms with Gasteiger partial charge in [0, 0.05) is 24.3 Å². The van der Waals surface area contributed by atoms with Crippen molar-refractivity contribution >= 4 is 11.6 Å². The van der Waals surface area contributed by atoms with Crippen molar-refractivity contribution in [2.75, 3.05) is 5.32 Å². The minimum absolute atomic E-state index is 0.168. The van der Waals surface area contributed by atoms with Gasteiger partial charge in [-0.3, -0.25) is 18.7 Å². The molecule has 1 aliphatic heterocycles. The average Bonchev–Trinajstić information content (AvgIpc) is 3.11. The lowest BCUT2D eigenvalue weighted by Gasteiger charge is -2.16. The molecule has 0 unspecified atom stereocenters. The summed E-state index contributed by atoms with van der Waals surface area (Å²) in [6, 6.07) is 5.70. The fraction of sp³-hybridized carbons (Fsp3) is 0.435. The Bertz CT molecular complexity index is 1260. The Balaban J connectivity index is 1.79. The summed E-state index contributed by atoms with van der Waals surface area (Å²) in [6.07, 6.45) is 3.75. The summed E-state index contributed by atoms with van der Waals surface area (Å²) in [5, 5.41) is 6.83. The summed E-state index contributed by atoms with van der Waals surface area (Å²) in [7, 11) is 0. The third-order valence-electron chi connectivity index (χ3n) is 5.87. The van der Waals surface area contributed by atoms with E-state index in [0.29, 0.717) is 36.7 Å². The quantitative estimate of drug-likeness (QED) is 0.657. The largest absolute Gasteiger partial charge is 0.339 e. The van der Waals surface area contributed by atoms with Gasteiger partial charge in [-0.05, 0) is 44.2 Å². The summed E-state index contributed by atoms with van der Waals surface area (Å²) in [6.45, 7) is 5.76. The van der Waals surface area contributed by atoms with Crippen molar-refractivity contribution < 1.29 is 9.32 Å². The first-order chi connectivity index (χ1) is 15.4. The second-order valence-electron chi connectivity index (χ2n) is 8.14. The van der Waals surface area contributed by atoms with E-state index in [2.05, 4.69) is 15.5 Å². The number of benzene rings is 1. The number of carbonyl (C=O) groups is 1. The highest BCUT2D eigenvalue weighted by Crippen LogP contribution is 2.22. The highest BCUT2D eigenvalue weighted by molar-refractivity contribution is 5.92. The van der Waals surface area contributed by atoms with E-state index in [1.807, 2.05) is 39.0 Å². The SMILES string of the molecule is CCc1nc(-c2c3n(c(=O)n(CC(=O)Nc4c(C)cccc4C)c2=O)CCCCC3)no1. The highest BCUT2D eigenvalue weighted by atomic mass is 16.5. The van der Waals surface area contributed by atoms with Gasteiger partial charge >= 0.3 is 5.69 Å². The molecule has 0 saturated carbocycles. The molecule has 3 aromatic rings. The van der Waals surface area contributed by atoms with Crippen molar-refractivity contribution in [2.45, 2.75) is 66.0 Å². The number of rotatable bonds is 5. The first-order valence-electron chi connectivity index (χ1n) is 11.0. The number of carbonyl (C=O) groups excluding carboxylic acids is 1. The normalized spacial score (nSPS) is 13.5. The average molecular weight is 438 g/mol. The van der Waals surface area contributed by atoms with Crippen LogP contribution in [0.3, 0.4) is 0 Å². The van der Waals surface area contributed by atoms with Gasteiger partial charge in [0.25, 0.3) is 5.56 Å². The number of nitrogens with zero attached hydrogens (tertiary/aromatic N) is 4. The number of hydrogen-bond donors (Lipinski definition) is 1. The van der Waals surface area contributed by atoms with E-state index in [4.69, 9.17) is 4.52 Å². The lowest BCUT2D eigenvalue weighted by atomic mass is 10.1. The Morgan fingerprint density at radius 1 is 1.16 bits per heavy atom. The maximum Gasteiger partial charge on any atom is 0.331 e. The van der Waals surface area contributed by atoms with E-state index < -0.39 is 23.7 Å². The molecular weight excluding hydrogens is 410 g/mol. The van der Waals surface area contributed by atoms with Crippen molar-refractivity contribution in [2.24, 2.45) is 0 Å².